The van der Waals surface area contributed by atoms with E-state index in [4.69, 9.17) is 4.74 Å². The van der Waals surface area contributed by atoms with Crippen molar-refractivity contribution >= 4 is 0 Å². The molecule has 1 aromatic rings. The van der Waals surface area contributed by atoms with E-state index < -0.39 is 0 Å². The molecule has 0 amide bonds. The second-order valence-corrected chi connectivity index (χ2v) is 5.45. The normalized spacial score (nSPS) is 19.8. The topological polar surface area (TPSA) is 24.5 Å². The Morgan fingerprint density at radius 3 is 2.89 bits per heavy atom. The summed E-state index contributed by atoms with van der Waals surface area (Å²) in [5.41, 5.74) is 0.792. The minimum atomic E-state index is -0.240. The Bertz CT molecular complexity index is 420. The van der Waals surface area contributed by atoms with Crippen molar-refractivity contribution in [1.82, 2.24) is 10.2 Å². The van der Waals surface area contributed by atoms with E-state index in [1.165, 1.54) is 7.11 Å². The summed E-state index contributed by atoms with van der Waals surface area (Å²) in [5, 5.41) is 3.45. The molecule has 1 N–H and O–H groups in total. The number of hydrogen-bond donors (Lipinski definition) is 1. The average Bonchev–Trinajstić information content (AvgIpc) is 2.31. The van der Waals surface area contributed by atoms with Crippen LogP contribution in [0.5, 0.6) is 5.75 Å². The Balaban J connectivity index is 2.09. The van der Waals surface area contributed by atoms with Crippen LogP contribution in [0.15, 0.2) is 18.2 Å². The van der Waals surface area contributed by atoms with Crippen molar-refractivity contribution in [2.24, 2.45) is 0 Å². The Morgan fingerprint density at radius 2 is 2.22 bits per heavy atom. The monoisotopic (exact) mass is 252 g/mol. The van der Waals surface area contributed by atoms with E-state index in [-0.39, 0.29) is 11.4 Å². The second kappa shape index (κ2) is 5.24. The molecule has 18 heavy (non-hydrogen) atoms. The summed E-state index contributed by atoms with van der Waals surface area (Å²) in [6, 6.07) is 5.32. The van der Waals surface area contributed by atoms with Crippen molar-refractivity contribution in [3.63, 3.8) is 0 Å². The molecule has 1 aliphatic rings. The van der Waals surface area contributed by atoms with E-state index >= 15 is 0 Å². The molecule has 1 saturated heterocycles. The van der Waals surface area contributed by atoms with Crippen LogP contribution in [0.2, 0.25) is 0 Å². The largest absolute Gasteiger partial charge is 0.494 e. The highest BCUT2D eigenvalue weighted by Crippen LogP contribution is 2.22. The van der Waals surface area contributed by atoms with Gasteiger partial charge in [0.25, 0.3) is 0 Å². The van der Waals surface area contributed by atoms with Gasteiger partial charge in [-0.15, -0.1) is 0 Å². The van der Waals surface area contributed by atoms with Gasteiger partial charge in [-0.3, -0.25) is 4.90 Å². The summed E-state index contributed by atoms with van der Waals surface area (Å²) in [7, 11) is 1.50. The molecule has 1 aliphatic heterocycles. The van der Waals surface area contributed by atoms with E-state index in [9.17, 15) is 4.39 Å². The van der Waals surface area contributed by atoms with Crippen molar-refractivity contribution in [2.45, 2.75) is 25.9 Å². The van der Waals surface area contributed by atoms with Crippen molar-refractivity contribution < 1.29 is 9.13 Å². The maximum Gasteiger partial charge on any atom is 0.169 e. The Hall–Kier alpha value is -1.13. The lowest BCUT2D eigenvalue weighted by Gasteiger charge is -2.39. The van der Waals surface area contributed by atoms with Gasteiger partial charge >= 0.3 is 0 Å². The number of benzene rings is 1. The third-order valence-electron chi connectivity index (χ3n) is 3.31. The molecular weight excluding hydrogens is 231 g/mol. The first-order valence-electron chi connectivity index (χ1n) is 6.30. The highest BCUT2D eigenvalue weighted by Gasteiger charge is 2.26. The standard InChI is InChI=1S/C14H21FN2O/c1-14(2)10-17(8-7-16-14)9-11-5-4-6-12(18-3)13(11)15/h4-6,16H,7-10H2,1-3H3. The molecule has 0 aliphatic carbocycles. The second-order valence-electron chi connectivity index (χ2n) is 5.45. The van der Waals surface area contributed by atoms with Crippen molar-refractivity contribution in [3.05, 3.63) is 29.6 Å². The van der Waals surface area contributed by atoms with Gasteiger partial charge in [0.15, 0.2) is 11.6 Å². The molecule has 0 aromatic heterocycles. The molecule has 4 heteroatoms. The van der Waals surface area contributed by atoms with Gasteiger partial charge < -0.3 is 10.1 Å². The summed E-state index contributed by atoms with van der Waals surface area (Å²) in [6.45, 7) is 7.78. The van der Waals surface area contributed by atoms with E-state index in [1.54, 1.807) is 6.07 Å². The smallest absolute Gasteiger partial charge is 0.169 e. The van der Waals surface area contributed by atoms with Crippen LogP contribution in [0.3, 0.4) is 0 Å². The first-order valence-corrected chi connectivity index (χ1v) is 6.30. The summed E-state index contributed by atoms with van der Waals surface area (Å²) < 4.78 is 19.1. The number of piperazine rings is 1. The highest BCUT2D eigenvalue weighted by molar-refractivity contribution is 5.31. The molecule has 0 spiro atoms. The number of hydrogen-bond acceptors (Lipinski definition) is 3. The molecule has 1 heterocycles. The Morgan fingerprint density at radius 1 is 1.44 bits per heavy atom. The average molecular weight is 252 g/mol. The molecule has 1 fully saturated rings. The van der Waals surface area contributed by atoms with E-state index in [0.717, 1.165) is 19.6 Å². The minimum Gasteiger partial charge on any atom is -0.494 e. The number of nitrogens with one attached hydrogen (secondary N) is 1. The molecule has 100 valence electrons. The molecule has 3 nitrogen and oxygen atoms in total. The van der Waals surface area contributed by atoms with Crippen LogP contribution in [-0.2, 0) is 6.54 Å². The van der Waals surface area contributed by atoms with Gasteiger partial charge in [0.05, 0.1) is 7.11 Å². The fourth-order valence-corrected chi connectivity index (χ4v) is 2.46. The molecule has 0 bridgehead atoms. The van der Waals surface area contributed by atoms with Crippen LogP contribution in [0.25, 0.3) is 0 Å². The lowest BCUT2D eigenvalue weighted by atomic mass is 10.0. The summed E-state index contributed by atoms with van der Waals surface area (Å²) in [6.07, 6.45) is 0. The van der Waals surface area contributed by atoms with E-state index in [1.807, 2.05) is 12.1 Å². The molecule has 2 rings (SSSR count). The van der Waals surface area contributed by atoms with Crippen LogP contribution >= 0.6 is 0 Å². The van der Waals surface area contributed by atoms with Crippen molar-refractivity contribution in [1.29, 1.82) is 0 Å². The van der Waals surface area contributed by atoms with Gasteiger partial charge in [0.1, 0.15) is 0 Å². The minimum absolute atomic E-state index is 0.0909. The third kappa shape index (κ3) is 3.00. The third-order valence-corrected chi connectivity index (χ3v) is 3.31. The summed E-state index contributed by atoms with van der Waals surface area (Å²) in [4.78, 5) is 2.27. The van der Waals surface area contributed by atoms with Gasteiger partial charge in [-0.2, -0.15) is 0 Å². The van der Waals surface area contributed by atoms with Gasteiger partial charge in [0.2, 0.25) is 0 Å². The van der Waals surface area contributed by atoms with Crippen LogP contribution in [0.4, 0.5) is 4.39 Å². The molecule has 1 aromatic carbocycles. The van der Waals surface area contributed by atoms with Gasteiger partial charge in [-0.1, -0.05) is 12.1 Å². The molecule has 0 unspecified atom stereocenters. The zero-order valence-corrected chi connectivity index (χ0v) is 11.3. The highest BCUT2D eigenvalue weighted by atomic mass is 19.1. The molecule has 0 saturated carbocycles. The molecular formula is C14H21FN2O. The van der Waals surface area contributed by atoms with Gasteiger partial charge in [-0.05, 0) is 19.9 Å². The van der Waals surface area contributed by atoms with Crippen LogP contribution in [0, 0.1) is 5.82 Å². The molecule has 0 radical (unpaired) electrons. The Labute approximate surface area is 108 Å². The number of rotatable bonds is 3. The zero-order valence-electron chi connectivity index (χ0n) is 11.3. The SMILES string of the molecule is COc1cccc(CN2CCNC(C)(C)C2)c1F. The predicted molar refractivity (Wildman–Crippen MR) is 70.3 cm³/mol. The first kappa shape index (κ1) is 13.3. The molecule has 0 atom stereocenters. The van der Waals surface area contributed by atoms with E-state index in [2.05, 4.69) is 24.1 Å². The maximum absolute atomic E-state index is 14.1. The lowest BCUT2D eigenvalue weighted by Crippen LogP contribution is -2.56. The van der Waals surface area contributed by atoms with Crippen LogP contribution < -0.4 is 10.1 Å². The van der Waals surface area contributed by atoms with Crippen LogP contribution in [0.1, 0.15) is 19.4 Å². The van der Waals surface area contributed by atoms with E-state index in [0.29, 0.717) is 17.9 Å². The fourth-order valence-electron chi connectivity index (χ4n) is 2.46. The number of halogens is 1. The first-order chi connectivity index (χ1) is 8.52. The quantitative estimate of drug-likeness (QED) is 0.890. The summed E-state index contributed by atoms with van der Waals surface area (Å²) >= 11 is 0. The maximum atomic E-state index is 14.1. The number of nitrogens with zero attached hydrogens (tertiary/aromatic N) is 1. The Kier molecular flexibility index (Phi) is 3.88. The van der Waals surface area contributed by atoms with Crippen LogP contribution in [-0.4, -0.2) is 37.2 Å². The summed E-state index contributed by atoms with van der Waals surface area (Å²) in [5.74, 6) is 0.0817. The predicted octanol–water partition coefficient (Wildman–Crippen LogP) is 2.02. The lowest BCUT2D eigenvalue weighted by molar-refractivity contribution is 0.146. The fraction of sp³-hybridized carbons (Fsp3) is 0.571. The van der Waals surface area contributed by atoms with Gasteiger partial charge in [0, 0.05) is 37.3 Å². The zero-order chi connectivity index (χ0) is 13.2. The number of ether oxygens (including phenoxy) is 1. The van der Waals surface area contributed by atoms with Crippen molar-refractivity contribution in [2.75, 3.05) is 26.7 Å². The number of methoxy groups -OCH3 is 1. The van der Waals surface area contributed by atoms with Crippen molar-refractivity contribution in [3.8, 4) is 5.75 Å². The van der Waals surface area contributed by atoms with Gasteiger partial charge in [-0.25, -0.2) is 4.39 Å².